The second-order valence-electron chi connectivity index (χ2n) is 6.71. The van der Waals surface area contributed by atoms with Gasteiger partial charge in [0.25, 0.3) is 11.8 Å². The Balaban J connectivity index is 1.50. The molecule has 0 spiro atoms. The molecule has 150 valence electrons. The van der Waals surface area contributed by atoms with Crippen LogP contribution in [0.15, 0.2) is 41.3 Å². The minimum atomic E-state index is -0.0618. The van der Waals surface area contributed by atoms with Crippen molar-refractivity contribution in [3.63, 3.8) is 0 Å². The zero-order valence-electron chi connectivity index (χ0n) is 16.2. The van der Waals surface area contributed by atoms with Crippen molar-refractivity contribution < 1.29 is 18.8 Å². The monoisotopic (exact) mass is 395 g/mol. The van der Waals surface area contributed by atoms with Crippen LogP contribution in [0.4, 0.5) is 0 Å². The summed E-state index contributed by atoms with van der Waals surface area (Å²) in [5.41, 5.74) is 1.08. The fourth-order valence-electron chi connectivity index (χ4n) is 3.44. The van der Waals surface area contributed by atoms with Crippen LogP contribution in [-0.4, -0.2) is 58.2 Å². The number of nitrogens with zero attached hydrogens (tertiary/aromatic N) is 5. The van der Waals surface area contributed by atoms with Crippen molar-refractivity contribution in [2.45, 2.75) is 18.8 Å². The van der Waals surface area contributed by atoms with E-state index in [2.05, 4.69) is 20.1 Å². The van der Waals surface area contributed by atoms with Crippen molar-refractivity contribution in [2.75, 3.05) is 27.3 Å². The maximum Gasteiger partial charge on any atom is 0.278 e. The lowest BCUT2D eigenvalue weighted by molar-refractivity contribution is 0.0703. The van der Waals surface area contributed by atoms with E-state index in [9.17, 15) is 4.79 Å². The number of ether oxygens (including phenoxy) is 2. The Bertz CT molecular complexity index is 992. The molecule has 0 saturated carbocycles. The summed E-state index contributed by atoms with van der Waals surface area (Å²) in [6.07, 6.45) is 6.47. The Morgan fingerprint density at radius 2 is 2.07 bits per heavy atom. The van der Waals surface area contributed by atoms with Crippen LogP contribution in [-0.2, 0) is 0 Å². The Labute approximate surface area is 167 Å². The maximum absolute atomic E-state index is 13.0. The quantitative estimate of drug-likeness (QED) is 0.649. The highest BCUT2D eigenvalue weighted by atomic mass is 16.5. The molecule has 2 aromatic heterocycles. The zero-order chi connectivity index (χ0) is 20.2. The van der Waals surface area contributed by atoms with Gasteiger partial charge in [-0.3, -0.25) is 9.78 Å². The van der Waals surface area contributed by atoms with Crippen molar-refractivity contribution >= 4 is 5.91 Å². The minimum Gasteiger partial charge on any atom is -0.493 e. The van der Waals surface area contributed by atoms with Crippen molar-refractivity contribution in [3.05, 3.63) is 48.2 Å². The van der Waals surface area contributed by atoms with E-state index in [0.29, 0.717) is 47.6 Å². The Hall–Kier alpha value is -3.49. The molecular formula is C20H21N5O4. The van der Waals surface area contributed by atoms with E-state index in [1.54, 1.807) is 51.0 Å². The first-order chi connectivity index (χ1) is 14.2. The van der Waals surface area contributed by atoms with E-state index in [-0.39, 0.29) is 11.8 Å². The molecule has 1 fully saturated rings. The SMILES string of the molecule is COc1ccc(C(=O)N2CCCC(c3noc(-c4cnccn4)n3)C2)cc1OC. The average molecular weight is 395 g/mol. The van der Waals surface area contributed by atoms with Crippen LogP contribution in [0, 0.1) is 0 Å². The van der Waals surface area contributed by atoms with Gasteiger partial charge in [0, 0.05) is 37.0 Å². The number of likely N-dealkylation sites (tertiary alicyclic amines) is 1. The van der Waals surface area contributed by atoms with Crippen LogP contribution in [0.1, 0.15) is 34.9 Å². The van der Waals surface area contributed by atoms with Crippen LogP contribution in [0.25, 0.3) is 11.6 Å². The summed E-state index contributed by atoms with van der Waals surface area (Å²) < 4.78 is 15.9. The summed E-state index contributed by atoms with van der Waals surface area (Å²) >= 11 is 0. The lowest BCUT2D eigenvalue weighted by atomic mass is 9.96. The van der Waals surface area contributed by atoms with Crippen LogP contribution in [0.3, 0.4) is 0 Å². The van der Waals surface area contributed by atoms with Crippen LogP contribution in [0.2, 0.25) is 0 Å². The molecule has 1 amide bonds. The molecule has 1 saturated heterocycles. The number of hydrogen-bond donors (Lipinski definition) is 0. The van der Waals surface area contributed by atoms with Crippen LogP contribution in [0.5, 0.6) is 11.5 Å². The number of rotatable bonds is 5. The number of aromatic nitrogens is 4. The molecule has 9 nitrogen and oxygen atoms in total. The Kier molecular flexibility index (Phi) is 5.37. The van der Waals surface area contributed by atoms with Gasteiger partial charge in [0.05, 0.1) is 20.4 Å². The van der Waals surface area contributed by atoms with E-state index >= 15 is 0 Å². The van der Waals surface area contributed by atoms with Gasteiger partial charge in [-0.2, -0.15) is 4.98 Å². The van der Waals surface area contributed by atoms with Gasteiger partial charge in [-0.05, 0) is 31.0 Å². The summed E-state index contributed by atoms with van der Waals surface area (Å²) in [4.78, 5) is 27.5. The number of amides is 1. The first-order valence-electron chi connectivity index (χ1n) is 9.31. The second-order valence-corrected chi connectivity index (χ2v) is 6.71. The fourth-order valence-corrected chi connectivity index (χ4v) is 3.44. The van der Waals surface area contributed by atoms with Crippen molar-refractivity contribution in [1.82, 2.24) is 25.0 Å². The summed E-state index contributed by atoms with van der Waals surface area (Å²) in [5.74, 6) is 1.96. The van der Waals surface area contributed by atoms with Gasteiger partial charge < -0.3 is 18.9 Å². The standard InChI is InChI=1S/C20H21N5O4/c1-27-16-6-5-13(10-17(16)28-2)20(26)25-9-3-4-14(12-25)18-23-19(29-24-18)15-11-21-7-8-22-15/h5-8,10-11,14H,3-4,9,12H2,1-2H3. The predicted molar refractivity (Wildman–Crippen MR) is 103 cm³/mol. The van der Waals surface area contributed by atoms with Crippen molar-refractivity contribution in [3.8, 4) is 23.1 Å². The molecule has 3 heterocycles. The van der Waals surface area contributed by atoms with Gasteiger partial charge in [-0.25, -0.2) is 4.98 Å². The number of carbonyl (C=O) groups excluding carboxylic acids is 1. The highest BCUT2D eigenvalue weighted by molar-refractivity contribution is 5.95. The average Bonchev–Trinajstić information content (AvgIpc) is 3.29. The summed E-state index contributed by atoms with van der Waals surface area (Å²) in [7, 11) is 3.11. The second kappa shape index (κ2) is 8.26. The molecule has 1 aliphatic rings. The van der Waals surface area contributed by atoms with Crippen molar-refractivity contribution in [2.24, 2.45) is 0 Å². The molecule has 0 N–H and O–H groups in total. The van der Waals surface area contributed by atoms with Gasteiger partial charge in [-0.1, -0.05) is 5.16 Å². The van der Waals surface area contributed by atoms with E-state index in [1.165, 1.54) is 0 Å². The van der Waals surface area contributed by atoms with E-state index < -0.39 is 0 Å². The number of methoxy groups -OCH3 is 2. The highest BCUT2D eigenvalue weighted by Gasteiger charge is 2.29. The third kappa shape index (κ3) is 3.89. The molecule has 1 aromatic carbocycles. The molecule has 9 heteroatoms. The molecular weight excluding hydrogens is 374 g/mol. The summed E-state index contributed by atoms with van der Waals surface area (Å²) in [6.45, 7) is 1.20. The first kappa shape index (κ1) is 18.9. The summed E-state index contributed by atoms with van der Waals surface area (Å²) in [6, 6.07) is 5.18. The zero-order valence-corrected chi connectivity index (χ0v) is 16.2. The molecule has 3 aromatic rings. The molecule has 1 unspecified atom stereocenters. The molecule has 0 radical (unpaired) electrons. The lowest BCUT2D eigenvalue weighted by Crippen LogP contribution is -2.39. The third-order valence-corrected chi connectivity index (χ3v) is 4.93. The van der Waals surface area contributed by atoms with E-state index in [4.69, 9.17) is 14.0 Å². The van der Waals surface area contributed by atoms with Gasteiger partial charge in [-0.15, -0.1) is 0 Å². The molecule has 0 aliphatic carbocycles. The Morgan fingerprint density at radius 1 is 1.21 bits per heavy atom. The molecule has 0 bridgehead atoms. The predicted octanol–water partition coefficient (Wildman–Crippen LogP) is 2.56. The number of carbonyl (C=O) groups is 1. The van der Waals surface area contributed by atoms with Crippen molar-refractivity contribution in [1.29, 1.82) is 0 Å². The Morgan fingerprint density at radius 3 is 2.83 bits per heavy atom. The van der Waals surface area contributed by atoms with Gasteiger partial charge in [0.1, 0.15) is 5.69 Å². The van der Waals surface area contributed by atoms with Crippen LogP contribution < -0.4 is 9.47 Å². The summed E-state index contributed by atoms with van der Waals surface area (Å²) in [5, 5.41) is 4.10. The van der Waals surface area contributed by atoms with Gasteiger partial charge >= 0.3 is 0 Å². The van der Waals surface area contributed by atoms with Gasteiger partial charge in [0.15, 0.2) is 17.3 Å². The van der Waals surface area contributed by atoms with E-state index in [0.717, 1.165) is 12.8 Å². The minimum absolute atomic E-state index is 0.00187. The van der Waals surface area contributed by atoms with Gasteiger partial charge in [0.2, 0.25) is 0 Å². The molecule has 1 atom stereocenters. The molecule has 1 aliphatic heterocycles. The number of hydrogen-bond acceptors (Lipinski definition) is 8. The highest BCUT2D eigenvalue weighted by Crippen LogP contribution is 2.30. The topological polar surface area (TPSA) is 103 Å². The van der Waals surface area contributed by atoms with E-state index in [1.807, 2.05) is 4.90 Å². The fraction of sp³-hybridized carbons (Fsp3) is 0.350. The normalized spacial score (nSPS) is 16.5. The lowest BCUT2D eigenvalue weighted by Gasteiger charge is -2.31. The largest absolute Gasteiger partial charge is 0.493 e. The maximum atomic E-state index is 13.0. The third-order valence-electron chi connectivity index (χ3n) is 4.93. The molecule has 4 rings (SSSR count). The number of piperidine rings is 1. The molecule has 29 heavy (non-hydrogen) atoms. The number of benzene rings is 1. The van der Waals surface area contributed by atoms with Crippen LogP contribution >= 0.6 is 0 Å². The first-order valence-corrected chi connectivity index (χ1v) is 9.31. The smallest absolute Gasteiger partial charge is 0.278 e.